The summed E-state index contributed by atoms with van der Waals surface area (Å²) in [4.78, 5) is 4.60. The van der Waals surface area contributed by atoms with Gasteiger partial charge in [-0.3, -0.25) is 4.99 Å². The second-order valence-electron chi connectivity index (χ2n) is 5.34. The first-order chi connectivity index (χ1) is 11.3. The minimum absolute atomic E-state index is 0.837. The van der Waals surface area contributed by atoms with Crippen LogP contribution in [0.4, 0.5) is 0 Å². The molecule has 0 amide bonds. The van der Waals surface area contributed by atoms with Gasteiger partial charge in [-0.25, -0.2) is 0 Å². The Morgan fingerprint density at radius 2 is 1.83 bits per heavy atom. The highest BCUT2D eigenvalue weighted by Crippen LogP contribution is 2.11. The Labute approximate surface area is 140 Å². The van der Waals surface area contributed by atoms with Gasteiger partial charge in [0.1, 0.15) is 5.75 Å². The normalized spacial score (nSPS) is 11.3. The zero-order valence-electron chi connectivity index (χ0n) is 14.7. The molecule has 5 heteroatoms. The van der Waals surface area contributed by atoms with Crippen molar-refractivity contribution >= 4 is 5.96 Å². The van der Waals surface area contributed by atoms with Crippen LogP contribution in [0.15, 0.2) is 29.3 Å². The SMILES string of the molecule is CCNC(=NCCCCCOC)NCCc1ccc(OC)cc1. The number of rotatable bonds is 11. The Kier molecular flexibility index (Phi) is 10.7. The molecule has 23 heavy (non-hydrogen) atoms. The van der Waals surface area contributed by atoms with Gasteiger partial charge in [0, 0.05) is 33.4 Å². The lowest BCUT2D eigenvalue weighted by molar-refractivity contribution is 0.192. The summed E-state index contributed by atoms with van der Waals surface area (Å²) in [7, 11) is 3.43. The van der Waals surface area contributed by atoms with E-state index >= 15 is 0 Å². The number of methoxy groups -OCH3 is 2. The third-order valence-corrected chi connectivity index (χ3v) is 3.49. The van der Waals surface area contributed by atoms with Crippen LogP contribution in [0.3, 0.4) is 0 Å². The molecule has 0 aliphatic rings. The van der Waals surface area contributed by atoms with E-state index in [1.54, 1.807) is 14.2 Å². The molecule has 0 radical (unpaired) electrons. The number of ether oxygens (including phenoxy) is 2. The molecule has 1 aromatic rings. The van der Waals surface area contributed by atoms with Gasteiger partial charge < -0.3 is 20.1 Å². The third-order valence-electron chi connectivity index (χ3n) is 3.49. The summed E-state index contributed by atoms with van der Waals surface area (Å²) in [5.74, 6) is 1.79. The maximum absolute atomic E-state index is 5.17. The van der Waals surface area contributed by atoms with Gasteiger partial charge in [-0.1, -0.05) is 12.1 Å². The fraction of sp³-hybridized carbons (Fsp3) is 0.611. The predicted molar refractivity (Wildman–Crippen MR) is 96.4 cm³/mol. The molecule has 0 spiro atoms. The van der Waals surface area contributed by atoms with E-state index < -0.39 is 0 Å². The van der Waals surface area contributed by atoms with Crippen molar-refractivity contribution in [2.24, 2.45) is 4.99 Å². The van der Waals surface area contributed by atoms with Crippen LogP contribution in [0.1, 0.15) is 31.7 Å². The van der Waals surface area contributed by atoms with E-state index in [9.17, 15) is 0 Å². The second kappa shape index (κ2) is 12.8. The van der Waals surface area contributed by atoms with Crippen LogP contribution in [0.25, 0.3) is 0 Å². The highest BCUT2D eigenvalue weighted by Gasteiger charge is 1.98. The van der Waals surface area contributed by atoms with Crippen molar-refractivity contribution in [3.05, 3.63) is 29.8 Å². The van der Waals surface area contributed by atoms with Crippen molar-refractivity contribution in [3.63, 3.8) is 0 Å². The molecule has 1 rings (SSSR count). The van der Waals surface area contributed by atoms with E-state index in [0.29, 0.717) is 0 Å². The molecule has 0 fully saturated rings. The lowest BCUT2D eigenvalue weighted by Crippen LogP contribution is -2.38. The first-order valence-corrected chi connectivity index (χ1v) is 8.44. The molecule has 0 unspecified atom stereocenters. The van der Waals surface area contributed by atoms with Gasteiger partial charge in [-0.2, -0.15) is 0 Å². The average Bonchev–Trinajstić information content (AvgIpc) is 2.58. The maximum atomic E-state index is 5.17. The predicted octanol–water partition coefficient (Wildman–Crippen LogP) is 2.61. The maximum Gasteiger partial charge on any atom is 0.191 e. The second-order valence-corrected chi connectivity index (χ2v) is 5.34. The summed E-state index contributed by atoms with van der Waals surface area (Å²) in [6, 6.07) is 8.18. The molecule has 130 valence electrons. The zero-order valence-corrected chi connectivity index (χ0v) is 14.7. The molecule has 0 aromatic heterocycles. The number of hydrogen-bond acceptors (Lipinski definition) is 3. The van der Waals surface area contributed by atoms with Gasteiger partial charge >= 0.3 is 0 Å². The van der Waals surface area contributed by atoms with Gasteiger partial charge in [0.25, 0.3) is 0 Å². The number of hydrogen-bond donors (Lipinski definition) is 2. The van der Waals surface area contributed by atoms with E-state index in [1.165, 1.54) is 5.56 Å². The van der Waals surface area contributed by atoms with Crippen LogP contribution in [-0.4, -0.2) is 46.4 Å². The molecule has 0 bridgehead atoms. The van der Waals surface area contributed by atoms with Crippen LogP contribution in [-0.2, 0) is 11.2 Å². The van der Waals surface area contributed by atoms with E-state index in [1.807, 2.05) is 12.1 Å². The van der Waals surface area contributed by atoms with E-state index in [-0.39, 0.29) is 0 Å². The van der Waals surface area contributed by atoms with Gasteiger partial charge in [0.2, 0.25) is 0 Å². The summed E-state index contributed by atoms with van der Waals surface area (Å²) < 4.78 is 10.2. The van der Waals surface area contributed by atoms with Crippen LogP contribution < -0.4 is 15.4 Å². The Morgan fingerprint density at radius 3 is 2.48 bits per heavy atom. The molecule has 5 nitrogen and oxygen atoms in total. The van der Waals surface area contributed by atoms with Crippen molar-refractivity contribution < 1.29 is 9.47 Å². The van der Waals surface area contributed by atoms with Gasteiger partial charge in [0.05, 0.1) is 7.11 Å². The molecule has 0 atom stereocenters. The number of unbranched alkanes of at least 4 members (excludes halogenated alkanes) is 2. The minimum atomic E-state index is 0.837. The summed E-state index contributed by atoms with van der Waals surface area (Å²) in [5, 5.41) is 6.67. The first-order valence-electron chi connectivity index (χ1n) is 8.44. The fourth-order valence-electron chi connectivity index (χ4n) is 2.19. The molecule has 2 N–H and O–H groups in total. The lowest BCUT2D eigenvalue weighted by atomic mass is 10.1. The molecule has 0 saturated carbocycles. The Balaban J connectivity index is 2.28. The fourth-order valence-corrected chi connectivity index (χ4v) is 2.19. The zero-order chi connectivity index (χ0) is 16.8. The number of benzene rings is 1. The summed E-state index contributed by atoms with van der Waals surface area (Å²) >= 11 is 0. The van der Waals surface area contributed by atoms with E-state index in [2.05, 4.69) is 34.7 Å². The molecular weight excluding hydrogens is 290 g/mol. The summed E-state index contributed by atoms with van der Waals surface area (Å²) in [6.45, 7) is 5.50. The highest BCUT2D eigenvalue weighted by molar-refractivity contribution is 5.79. The molecule has 1 aromatic carbocycles. The minimum Gasteiger partial charge on any atom is -0.497 e. The van der Waals surface area contributed by atoms with E-state index in [0.717, 1.165) is 63.6 Å². The number of guanidine groups is 1. The topological polar surface area (TPSA) is 54.9 Å². The van der Waals surface area contributed by atoms with Crippen molar-refractivity contribution in [2.45, 2.75) is 32.6 Å². The largest absolute Gasteiger partial charge is 0.497 e. The quantitative estimate of drug-likeness (QED) is 0.374. The standard InChI is InChI=1S/C18H31N3O2/c1-4-19-18(20-13-6-5-7-15-22-2)21-14-12-16-8-10-17(23-3)11-9-16/h8-11H,4-7,12-15H2,1-3H3,(H2,19,20,21). The van der Waals surface area contributed by atoms with Crippen molar-refractivity contribution in [2.75, 3.05) is 40.5 Å². The molecule has 0 aliphatic carbocycles. The molecular formula is C18H31N3O2. The van der Waals surface area contributed by atoms with Gasteiger partial charge in [-0.15, -0.1) is 0 Å². The number of aliphatic imine (C=N–C) groups is 1. The Bertz CT molecular complexity index is 432. The molecule has 0 saturated heterocycles. The number of nitrogens with zero attached hydrogens (tertiary/aromatic N) is 1. The monoisotopic (exact) mass is 321 g/mol. The highest BCUT2D eigenvalue weighted by atomic mass is 16.5. The van der Waals surface area contributed by atoms with Gasteiger partial charge in [-0.05, 0) is 50.3 Å². The smallest absolute Gasteiger partial charge is 0.191 e. The van der Waals surface area contributed by atoms with Crippen LogP contribution in [0.5, 0.6) is 5.75 Å². The van der Waals surface area contributed by atoms with Gasteiger partial charge in [0.15, 0.2) is 5.96 Å². The van der Waals surface area contributed by atoms with Crippen molar-refractivity contribution in [1.82, 2.24) is 10.6 Å². The molecule has 0 heterocycles. The Morgan fingerprint density at radius 1 is 1.04 bits per heavy atom. The lowest BCUT2D eigenvalue weighted by Gasteiger charge is -2.11. The van der Waals surface area contributed by atoms with Crippen molar-refractivity contribution in [1.29, 1.82) is 0 Å². The summed E-state index contributed by atoms with van der Waals surface area (Å²) in [6.07, 6.45) is 4.32. The Hall–Kier alpha value is -1.75. The third kappa shape index (κ3) is 9.08. The van der Waals surface area contributed by atoms with E-state index in [4.69, 9.17) is 9.47 Å². The first kappa shape index (κ1) is 19.3. The van der Waals surface area contributed by atoms with Crippen molar-refractivity contribution in [3.8, 4) is 5.75 Å². The average molecular weight is 321 g/mol. The van der Waals surface area contributed by atoms with Crippen LogP contribution in [0.2, 0.25) is 0 Å². The van der Waals surface area contributed by atoms with Crippen LogP contribution in [0, 0.1) is 0 Å². The number of nitrogens with one attached hydrogen (secondary N) is 2. The van der Waals surface area contributed by atoms with Crippen LogP contribution >= 0.6 is 0 Å². The molecule has 0 aliphatic heterocycles. The summed E-state index contributed by atoms with van der Waals surface area (Å²) in [5.41, 5.74) is 1.29.